The molecule has 0 saturated carbocycles. The Hall–Kier alpha value is -3.10. The molecule has 0 aliphatic carbocycles. The number of anilines is 2. The van der Waals surface area contributed by atoms with E-state index in [9.17, 15) is 14.9 Å². The van der Waals surface area contributed by atoms with Gasteiger partial charge in [-0.15, -0.1) is 0 Å². The summed E-state index contributed by atoms with van der Waals surface area (Å²) in [6.45, 7) is 3.43. The van der Waals surface area contributed by atoms with Crippen molar-refractivity contribution in [2.24, 2.45) is 0 Å². The molecule has 1 amide bonds. The van der Waals surface area contributed by atoms with Crippen LogP contribution in [-0.2, 0) is 11.3 Å². The van der Waals surface area contributed by atoms with Gasteiger partial charge in [0.1, 0.15) is 17.1 Å². The molecule has 0 radical (unpaired) electrons. The second-order valence-corrected chi connectivity index (χ2v) is 5.25. The fourth-order valence-electron chi connectivity index (χ4n) is 2.41. The zero-order valence-corrected chi connectivity index (χ0v) is 13.7. The molecule has 0 fully saturated rings. The summed E-state index contributed by atoms with van der Waals surface area (Å²) < 4.78 is 6.52. The van der Waals surface area contributed by atoms with E-state index in [1.807, 2.05) is 0 Å². The first kappa shape index (κ1) is 17.3. The van der Waals surface area contributed by atoms with E-state index in [0.29, 0.717) is 28.5 Å². The van der Waals surface area contributed by atoms with E-state index in [1.165, 1.54) is 11.8 Å². The third-order valence-electron chi connectivity index (χ3n) is 3.59. The Morgan fingerprint density at radius 2 is 2.17 bits per heavy atom. The fourth-order valence-corrected chi connectivity index (χ4v) is 2.41. The Balaban J connectivity index is 2.00. The van der Waals surface area contributed by atoms with Gasteiger partial charge in [0.25, 0.3) is 0 Å². The van der Waals surface area contributed by atoms with E-state index < -0.39 is 4.92 Å². The maximum absolute atomic E-state index is 12.0. The summed E-state index contributed by atoms with van der Waals surface area (Å²) in [6, 6.07) is 4.95. The second-order valence-electron chi connectivity index (χ2n) is 5.25. The quantitative estimate of drug-likeness (QED) is 0.473. The van der Waals surface area contributed by atoms with Gasteiger partial charge >= 0.3 is 5.69 Å². The molecule has 0 aliphatic heterocycles. The average molecular weight is 333 g/mol. The molecule has 9 heteroatoms. The molecule has 0 saturated heterocycles. The van der Waals surface area contributed by atoms with Crippen molar-refractivity contribution in [3.63, 3.8) is 0 Å². The zero-order valence-electron chi connectivity index (χ0n) is 13.7. The highest BCUT2D eigenvalue weighted by Crippen LogP contribution is 2.25. The molecular weight excluding hydrogens is 314 g/mol. The summed E-state index contributed by atoms with van der Waals surface area (Å²) in [6.07, 6.45) is 0.130. The number of carbonyl (C=O) groups is 1. The average Bonchev–Trinajstić information content (AvgIpc) is 2.79. The number of methoxy groups -OCH3 is 1. The summed E-state index contributed by atoms with van der Waals surface area (Å²) >= 11 is 0. The molecule has 0 unspecified atom stereocenters. The Bertz CT molecular complexity index is 784. The van der Waals surface area contributed by atoms with Crippen LogP contribution >= 0.6 is 0 Å². The molecular formula is C15H19N5O4. The Labute approximate surface area is 138 Å². The van der Waals surface area contributed by atoms with Crippen molar-refractivity contribution in [2.45, 2.75) is 26.8 Å². The van der Waals surface area contributed by atoms with E-state index in [-0.39, 0.29) is 24.6 Å². The van der Waals surface area contributed by atoms with Crippen LogP contribution in [0.3, 0.4) is 0 Å². The summed E-state index contributed by atoms with van der Waals surface area (Å²) in [5.41, 5.74) is 7.51. The molecule has 3 N–H and O–H groups in total. The van der Waals surface area contributed by atoms with Crippen molar-refractivity contribution in [3.05, 3.63) is 39.7 Å². The summed E-state index contributed by atoms with van der Waals surface area (Å²) in [7, 11) is 1.51. The highest BCUT2D eigenvalue weighted by atomic mass is 16.6. The number of nitrogens with zero attached hydrogens (tertiary/aromatic N) is 3. The third-order valence-corrected chi connectivity index (χ3v) is 3.59. The largest absolute Gasteiger partial charge is 0.495 e. The van der Waals surface area contributed by atoms with Crippen molar-refractivity contribution < 1.29 is 14.5 Å². The van der Waals surface area contributed by atoms with Gasteiger partial charge in [0.05, 0.1) is 24.3 Å². The molecule has 2 rings (SSSR count). The predicted octanol–water partition coefficient (Wildman–Crippen LogP) is 2.03. The zero-order chi connectivity index (χ0) is 17.9. The first-order chi connectivity index (χ1) is 11.3. The van der Waals surface area contributed by atoms with Gasteiger partial charge in [0, 0.05) is 12.1 Å². The number of aryl methyl sites for hydroxylation is 2. The number of nitrogen functional groups attached to an aromatic ring is 1. The number of hydrogen-bond donors (Lipinski definition) is 2. The second kappa shape index (κ2) is 6.99. The number of nitrogens with one attached hydrogen (secondary N) is 1. The summed E-state index contributed by atoms with van der Waals surface area (Å²) in [4.78, 5) is 22.5. The minimum absolute atomic E-state index is 0.0154. The number of benzene rings is 1. The maximum Gasteiger partial charge on any atom is 0.312 e. The van der Waals surface area contributed by atoms with E-state index >= 15 is 0 Å². The van der Waals surface area contributed by atoms with Gasteiger partial charge in [0.15, 0.2) is 0 Å². The molecule has 0 atom stereocenters. The molecule has 0 bridgehead atoms. The molecule has 9 nitrogen and oxygen atoms in total. The van der Waals surface area contributed by atoms with E-state index in [4.69, 9.17) is 10.5 Å². The topological polar surface area (TPSA) is 125 Å². The Morgan fingerprint density at radius 1 is 1.46 bits per heavy atom. The summed E-state index contributed by atoms with van der Waals surface area (Å²) in [5, 5.41) is 17.8. The minimum atomic E-state index is -0.464. The first-order valence-corrected chi connectivity index (χ1v) is 7.25. The lowest BCUT2D eigenvalue weighted by Crippen LogP contribution is -2.15. The van der Waals surface area contributed by atoms with Crippen LogP contribution in [0.25, 0.3) is 0 Å². The number of nitrogens with two attached hydrogens (primary N) is 1. The molecule has 24 heavy (non-hydrogen) atoms. The number of amides is 1. The van der Waals surface area contributed by atoms with Crippen LogP contribution in [0.2, 0.25) is 0 Å². The lowest BCUT2D eigenvalue weighted by atomic mass is 10.2. The van der Waals surface area contributed by atoms with Gasteiger partial charge in [-0.1, -0.05) is 0 Å². The van der Waals surface area contributed by atoms with Crippen LogP contribution in [0, 0.1) is 24.0 Å². The van der Waals surface area contributed by atoms with Gasteiger partial charge in [-0.2, -0.15) is 5.10 Å². The predicted molar refractivity (Wildman–Crippen MR) is 89.0 cm³/mol. The number of hydrogen-bond acceptors (Lipinski definition) is 6. The van der Waals surface area contributed by atoms with Crippen LogP contribution < -0.4 is 15.8 Å². The SMILES string of the molecule is COc1ccc(NC(=O)CCn2nc(C)c([N+](=O)[O-])c2C)cc1N. The monoisotopic (exact) mass is 333 g/mol. The lowest BCUT2D eigenvalue weighted by Gasteiger charge is -2.09. The number of rotatable bonds is 6. The van der Waals surface area contributed by atoms with Crippen molar-refractivity contribution >= 4 is 23.0 Å². The fraction of sp³-hybridized carbons (Fsp3) is 0.333. The molecule has 1 heterocycles. The maximum atomic E-state index is 12.0. The summed E-state index contributed by atoms with van der Waals surface area (Å²) in [5.74, 6) is 0.290. The van der Waals surface area contributed by atoms with Gasteiger partial charge in [-0.25, -0.2) is 0 Å². The van der Waals surface area contributed by atoms with Crippen molar-refractivity contribution in [1.82, 2.24) is 9.78 Å². The van der Waals surface area contributed by atoms with Gasteiger partial charge in [-0.05, 0) is 32.0 Å². The van der Waals surface area contributed by atoms with Crippen LogP contribution in [0.15, 0.2) is 18.2 Å². The van der Waals surface area contributed by atoms with E-state index in [0.717, 1.165) is 0 Å². The highest BCUT2D eigenvalue weighted by Gasteiger charge is 2.21. The highest BCUT2D eigenvalue weighted by molar-refractivity contribution is 5.91. The molecule has 0 spiro atoms. The van der Waals surface area contributed by atoms with Crippen LogP contribution in [-0.4, -0.2) is 27.7 Å². The molecule has 1 aromatic heterocycles. The Kier molecular flexibility index (Phi) is 5.02. The van der Waals surface area contributed by atoms with Gasteiger partial charge in [0.2, 0.25) is 5.91 Å². The molecule has 1 aromatic carbocycles. The molecule has 128 valence electrons. The number of nitro groups is 1. The third kappa shape index (κ3) is 3.62. The standard InChI is InChI=1S/C15H19N5O4/c1-9-15(20(22)23)10(2)19(18-9)7-6-14(21)17-11-4-5-13(24-3)12(16)8-11/h4-5,8H,6-7,16H2,1-3H3,(H,17,21). The van der Waals surface area contributed by atoms with E-state index in [1.54, 1.807) is 32.0 Å². The Morgan fingerprint density at radius 3 is 2.71 bits per heavy atom. The molecule has 2 aromatic rings. The normalized spacial score (nSPS) is 10.5. The first-order valence-electron chi connectivity index (χ1n) is 7.25. The van der Waals surface area contributed by atoms with Crippen molar-refractivity contribution in [1.29, 1.82) is 0 Å². The molecule has 0 aliphatic rings. The smallest absolute Gasteiger partial charge is 0.312 e. The van der Waals surface area contributed by atoms with Gasteiger partial charge in [-0.3, -0.25) is 19.6 Å². The minimum Gasteiger partial charge on any atom is -0.495 e. The number of carbonyl (C=O) groups excluding carboxylic acids is 1. The van der Waals surface area contributed by atoms with E-state index in [2.05, 4.69) is 10.4 Å². The lowest BCUT2D eigenvalue weighted by molar-refractivity contribution is -0.386. The van der Waals surface area contributed by atoms with Crippen LogP contribution in [0.4, 0.5) is 17.1 Å². The van der Waals surface area contributed by atoms with Gasteiger partial charge < -0.3 is 15.8 Å². The number of ether oxygens (including phenoxy) is 1. The number of aromatic nitrogens is 2. The van der Waals surface area contributed by atoms with Crippen molar-refractivity contribution in [2.75, 3.05) is 18.2 Å². The van der Waals surface area contributed by atoms with Crippen LogP contribution in [0.1, 0.15) is 17.8 Å². The van der Waals surface area contributed by atoms with Crippen molar-refractivity contribution in [3.8, 4) is 5.75 Å². The van der Waals surface area contributed by atoms with Crippen LogP contribution in [0.5, 0.6) is 5.75 Å².